The molecule has 2 aromatic rings. The molecule has 2 aromatic carbocycles. The highest BCUT2D eigenvalue weighted by Gasteiger charge is 2.16. The molecule has 0 saturated heterocycles. The molecule has 0 aliphatic carbocycles. The quantitative estimate of drug-likeness (QED) is 0.424. The van der Waals surface area contributed by atoms with Crippen molar-refractivity contribution in [1.82, 2.24) is 5.32 Å². The third-order valence-electron chi connectivity index (χ3n) is 3.37. The molecule has 0 heterocycles. The Balaban J connectivity index is 1.78. The van der Waals surface area contributed by atoms with Crippen LogP contribution in [0.15, 0.2) is 36.4 Å². The summed E-state index contributed by atoms with van der Waals surface area (Å²) in [6.07, 6.45) is 0.597. The Labute approximate surface area is 156 Å². The monoisotopic (exact) mass is 394 g/mol. The smallest absolute Gasteiger partial charge is 0.338 e. The molecule has 28 heavy (non-hydrogen) atoms. The second kappa shape index (κ2) is 9.31. The van der Waals surface area contributed by atoms with Crippen LogP contribution in [0.1, 0.15) is 20.7 Å². The van der Waals surface area contributed by atoms with E-state index in [1.807, 2.05) is 5.32 Å². The fraction of sp³-hybridized carbons (Fsp3) is 0.111. The van der Waals surface area contributed by atoms with Crippen LogP contribution in [-0.4, -0.2) is 37.2 Å². The van der Waals surface area contributed by atoms with E-state index in [1.165, 1.54) is 24.3 Å². The van der Waals surface area contributed by atoms with Crippen molar-refractivity contribution in [1.29, 1.82) is 0 Å². The number of hydrogen-bond acceptors (Lipinski definition) is 5. The molecule has 0 unspecified atom stereocenters. The predicted octanol–water partition coefficient (Wildman–Crippen LogP) is 1.83. The number of hydrogen-bond donors (Lipinski definition) is 2. The molecule has 2 rings (SSSR count). The lowest BCUT2D eigenvalue weighted by atomic mass is 10.1. The maximum atomic E-state index is 13.4. The van der Waals surface area contributed by atoms with Gasteiger partial charge in [-0.05, 0) is 24.3 Å². The summed E-state index contributed by atoms with van der Waals surface area (Å²) in [5.74, 6) is -7.27. The van der Waals surface area contributed by atoms with Gasteiger partial charge >= 0.3 is 5.97 Å². The van der Waals surface area contributed by atoms with E-state index >= 15 is 0 Å². The summed E-state index contributed by atoms with van der Waals surface area (Å²) in [6.45, 7) is -1.32. The molecule has 146 valence electrons. The van der Waals surface area contributed by atoms with Gasteiger partial charge in [-0.1, -0.05) is 12.1 Å². The van der Waals surface area contributed by atoms with Crippen LogP contribution < -0.4 is 10.6 Å². The second-order valence-corrected chi connectivity index (χ2v) is 5.36. The maximum absolute atomic E-state index is 13.4. The number of carbonyl (C=O) groups is 4. The molecule has 0 bridgehead atoms. The van der Waals surface area contributed by atoms with Crippen molar-refractivity contribution in [3.63, 3.8) is 0 Å². The summed E-state index contributed by atoms with van der Waals surface area (Å²) in [5, 5.41) is 4.07. The molecule has 2 amide bonds. The molecule has 0 aliphatic heterocycles. The summed E-state index contributed by atoms with van der Waals surface area (Å²) < 4.78 is 44.1. The Morgan fingerprint density at radius 3 is 2.25 bits per heavy atom. The van der Waals surface area contributed by atoms with Crippen molar-refractivity contribution in [3.8, 4) is 0 Å². The summed E-state index contributed by atoms with van der Waals surface area (Å²) >= 11 is 0. The number of esters is 1. The van der Waals surface area contributed by atoms with Crippen LogP contribution in [-0.2, 0) is 14.3 Å². The van der Waals surface area contributed by atoms with E-state index in [9.17, 15) is 32.3 Å². The van der Waals surface area contributed by atoms with Crippen molar-refractivity contribution in [2.24, 2.45) is 0 Å². The van der Waals surface area contributed by atoms with Gasteiger partial charge in [-0.2, -0.15) is 0 Å². The van der Waals surface area contributed by atoms with Crippen LogP contribution in [0, 0.1) is 17.5 Å². The minimum absolute atomic E-state index is 0.116. The summed E-state index contributed by atoms with van der Waals surface area (Å²) in [5.41, 5.74) is -0.119. The first-order chi connectivity index (χ1) is 13.3. The van der Waals surface area contributed by atoms with Gasteiger partial charge in [0.15, 0.2) is 24.1 Å². The molecule has 0 spiro atoms. The number of aldehydes is 1. The van der Waals surface area contributed by atoms with Crippen molar-refractivity contribution in [2.45, 2.75) is 0 Å². The van der Waals surface area contributed by atoms with Crippen molar-refractivity contribution in [3.05, 3.63) is 65.0 Å². The van der Waals surface area contributed by atoms with Crippen LogP contribution in [0.25, 0.3) is 0 Å². The van der Waals surface area contributed by atoms with Gasteiger partial charge in [0.1, 0.15) is 6.29 Å². The molecule has 7 nitrogen and oxygen atoms in total. The van der Waals surface area contributed by atoms with Crippen molar-refractivity contribution >= 4 is 29.8 Å². The summed E-state index contributed by atoms with van der Waals surface area (Å²) in [4.78, 5) is 45.5. The van der Waals surface area contributed by atoms with E-state index in [4.69, 9.17) is 4.74 Å². The molecule has 10 heteroatoms. The number of rotatable bonds is 7. The summed E-state index contributed by atoms with van der Waals surface area (Å²) in [7, 11) is 0. The van der Waals surface area contributed by atoms with E-state index in [1.54, 1.807) is 0 Å². The molecule has 0 saturated carbocycles. The van der Waals surface area contributed by atoms with Crippen LogP contribution in [0.3, 0.4) is 0 Å². The molecule has 2 N–H and O–H groups in total. The molecule has 0 aromatic heterocycles. The lowest BCUT2D eigenvalue weighted by molar-refractivity contribution is -0.126. The van der Waals surface area contributed by atoms with E-state index in [0.717, 1.165) is 6.07 Å². The van der Waals surface area contributed by atoms with Gasteiger partial charge in [0, 0.05) is 5.56 Å². The van der Waals surface area contributed by atoms with E-state index in [-0.39, 0.29) is 5.56 Å². The fourth-order valence-corrected chi connectivity index (χ4v) is 1.96. The van der Waals surface area contributed by atoms with Crippen LogP contribution in [0.5, 0.6) is 0 Å². The SMILES string of the molecule is O=Cc1ccc(C(=O)OCC(=O)NCC(=O)Nc2ccc(F)c(F)c2F)cc1. The Morgan fingerprint density at radius 2 is 1.61 bits per heavy atom. The standard InChI is InChI=1S/C18H13F3N2O5/c19-12-5-6-13(17(21)16(12)20)23-14(25)7-22-15(26)9-28-18(27)11-3-1-10(8-24)2-4-11/h1-6,8H,7,9H2,(H,22,26)(H,23,25). The van der Waals surface area contributed by atoms with Crippen molar-refractivity contribution in [2.75, 3.05) is 18.5 Å². The third kappa shape index (κ3) is 5.40. The fourth-order valence-electron chi connectivity index (χ4n) is 1.96. The van der Waals surface area contributed by atoms with Crippen LogP contribution in [0.4, 0.5) is 18.9 Å². The first-order valence-corrected chi connectivity index (χ1v) is 7.74. The normalized spacial score (nSPS) is 10.1. The maximum Gasteiger partial charge on any atom is 0.338 e. The van der Waals surface area contributed by atoms with Crippen LogP contribution >= 0.6 is 0 Å². The minimum atomic E-state index is -1.74. The van der Waals surface area contributed by atoms with E-state index < -0.39 is 54.1 Å². The zero-order chi connectivity index (χ0) is 20.7. The molecule has 0 fully saturated rings. The highest BCUT2D eigenvalue weighted by atomic mass is 19.2. The Kier molecular flexibility index (Phi) is 6.85. The molecule has 0 aliphatic rings. The predicted molar refractivity (Wildman–Crippen MR) is 90.1 cm³/mol. The Hall–Kier alpha value is -3.69. The topological polar surface area (TPSA) is 102 Å². The minimum Gasteiger partial charge on any atom is -0.452 e. The number of ether oxygens (including phenoxy) is 1. The van der Waals surface area contributed by atoms with Gasteiger partial charge in [-0.3, -0.25) is 14.4 Å². The number of amides is 2. The average Bonchev–Trinajstić information content (AvgIpc) is 2.71. The molecular weight excluding hydrogens is 381 g/mol. The zero-order valence-corrected chi connectivity index (χ0v) is 14.1. The van der Waals surface area contributed by atoms with Crippen LogP contribution in [0.2, 0.25) is 0 Å². The molecule has 0 radical (unpaired) electrons. The second-order valence-electron chi connectivity index (χ2n) is 5.36. The van der Waals surface area contributed by atoms with E-state index in [2.05, 4.69) is 5.32 Å². The first kappa shape index (κ1) is 20.6. The first-order valence-electron chi connectivity index (χ1n) is 7.74. The number of nitrogens with one attached hydrogen (secondary N) is 2. The van der Waals surface area contributed by atoms with Gasteiger partial charge < -0.3 is 15.4 Å². The lowest BCUT2D eigenvalue weighted by Gasteiger charge is -2.09. The average molecular weight is 394 g/mol. The van der Waals surface area contributed by atoms with Gasteiger partial charge in [-0.25, -0.2) is 18.0 Å². The van der Waals surface area contributed by atoms with Gasteiger partial charge in [0.05, 0.1) is 17.8 Å². The highest BCUT2D eigenvalue weighted by molar-refractivity contribution is 5.95. The zero-order valence-electron chi connectivity index (χ0n) is 14.1. The van der Waals surface area contributed by atoms with E-state index in [0.29, 0.717) is 17.9 Å². The highest BCUT2D eigenvalue weighted by Crippen LogP contribution is 2.19. The number of benzene rings is 2. The number of anilines is 1. The third-order valence-corrected chi connectivity index (χ3v) is 3.37. The number of carbonyl (C=O) groups excluding carboxylic acids is 4. The van der Waals surface area contributed by atoms with Crippen molar-refractivity contribution < 1.29 is 37.1 Å². The van der Waals surface area contributed by atoms with Gasteiger partial charge in [0.25, 0.3) is 5.91 Å². The van der Waals surface area contributed by atoms with Gasteiger partial charge in [0.2, 0.25) is 5.91 Å². The molecule has 0 atom stereocenters. The lowest BCUT2D eigenvalue weighted by Crippen LogP contribution is -2.35. The largest absolute Gasteiger partial charge is 0.452 e. The van der Waals surface area contributed by atoms with Gasteiger partial charge in [-0.15, -0.1) is 0 Å². The molecular formula is C18H13F3N2O5. The Bertz CT molecular complexity index is 916. The summed E-state index contributed by atoms with van der Waals surface area (Å²) in [6, 6.07) is 6.93. The Morgan fingerprint density at radius 1 is 0.929 bits per heavy atom. The number of halogens is 3.